The number of alkyl carbamates (subject to hydrolysis) is 2. The molecule has 2 aromatic carbocycles. The molecule has 2 unspecified atom stereocenters. The van der Waals surface area contributed by atoms with Crippen molar-refractivity contribution in [2.75, 3.05) is 20.8 Å². The molecule has 0 spiro atoms. The van der Waals surface area contributed by atoms with Crippen molar-refractivity contribution in [3.63, 3.8) is 0 Å². The lowest BCUT2D eigenvalue weighted by Crippen LogP contribution is -2.44. The van der Waals surface area contributed by atoms with Crippen LogP contribution in [0.4, 0.5) is 9.59 Å². The maximum Gasteiger partial charge on any atom is 0.408 e. The van der Waals surface area contributed by atoms with E-state index in [9.17, 15) is 18.9 Å². The zero-order valence-corrected chi connectivity index (χ0v) is 24.6. The molecule has 0 saturated heterocycles. The van der Waals surface area contributed by atoms with Crippen LogP contribution in [0, 0.1) is 0 Å². The minimum Gasteiger partial charge on any atom is -0.467 e. The zero-order chi connectivity index (χ0) is 29.6. The van der Waals surface area contributed by atoms with Gasteiger partial charge in [-0.25, -0.2) is 19.5 Å². The molecule has 3 atom stereocenters. The van der Waals surface area contributed by atoms with Gasteiger partial charge >= 0.3 is 18.2 Å². The topological polar surface area (TPSA) is 141 Å². The highest BCUT2D eigenvalue weighted by molar-refractivity contribution is 7.57. The maximum atomic E-state index is 13.9. The van der Waals surface area contributed by atoms with Crippen molar-refractivity contribution in [1.29, 1.82) is 0 Å². The number of benzene rings is 2. The van der Waals surface area contributed by atoms with E-state index >= 15 is 0 Å². The molecule has 0 fully saturated rings. The smallest absolute Gasteiger partial charge is 0.408 e. The molecule has 220 valence electrons. The number of esters is 1. The van der Waals surface area contributed by atoms with E-state index in [2.05, 4.69) is 15.7 Å². The quantitative estimate of drug-likeness (QED) is 0.118. The first-order chi connectivity index (χ1) is 19.0. The van der Waals surface area contributed by atoms with Crippen molar-refractivity contribution in [1.82, 2.24) is 15.7 Å². The number of hydrogen-bond donors (Lipinski definition) is 3. The van der Waals surface area contributed by atoms with Gasteiger partial charge in [0.25, 0.3) is 7.52 Å². The SMILES string of the molecule is COC(=O)[C@H](CCCCNP(=O)(OC)C(NC(=O)OCc1ccccc1)c1ccccc1)NC(=O)OC(C)(C)C. The van der Waals surface area contributed by atoms with Crippen molar-refractivity contribution < 1.29 is 37.7 Å². The number of ether oxygens (including phenoxy) is 3. The average molecular weight is 578 g/mol. The summed E-state index contributed by atoms with van der Waals surface area (Å²) in [6, 6.07) is 17.1. The Morgan fingerprint density at radius 2 is 1.50 bits per heavy atom. The summed E-state index contributed by atoms with van der Waals surface area (Å²) in [4.78, 5) is 36.9. The van der Waals surface area contributed by atoms with Crippen LogP contribution in [-0.2, 0) is 34.7 Å². The van der Waals surface area contributed by atoms with Crippen LogP contribution in [0.1, 0.15) is 56.9 Å². The Kier molecular flexibility index (Phi) is 13.1. The fourth-order valence-electron chi connectivity index (χ4n) is 3.69. The molecule has 2 rings (SSSR count). The lowest BCUT2D eigenvalue weighted by Gasteiger charge is -2.28. The van der Waals surface area contributed by atoms with Gasteiger partial charge in [0.2, 0.25) is 0 Å². The van der Waals surface area contributed by atoms with Gasteiger partial charge in [-0.15, -0.1) is 0 Å². The van der Waals surface area contributed by atoms with Crippen LogP contribution in [0.15, 0.2) is 60.7 Å². The van der Waals surface area contributed by atoms with Crippen LogP contribution in [0.5, 0.6) is 0 Å². The third-order valence-electron chi connectivity index (χ3n) is 5.62. The molecule has 0 aliphatic rings. The van der Waals surface area contributed by atoms with E-state index in [4.69, 9.17) is 18.7 Å². The van der Waals surface area contributed by atoms with Crippen molar-refractivity contribution in [3.05, 3.63) is 71.8 Å². The molecule has 2 aromatic rings. The summed E-state index contributed by atoms with van der Waals surface area (Å²) in [6.07, 6.45) is -0.227. The normalized spacial score (nSPS) is 14.2. The second kappa shape index (κ2) is 16.0. The number of amides is 2. The first-order valence-corrected chi connectivity index (χ1v) is 14.7. The number of unbranched alkanes of at least 4 members (excludes halogenated alkanes) is 1. The first-order valence-electron chi connectivity index (χ1n) is 13.0. The third-order valence-corrected chi connectivity index (χ3v) is 7.94. The lowest BCUT2D eigenvalue weighted by atomic mass is 10.1. The number of methoxy groups -OCH3 is 1. The molecule has 0 saturated carbocycles. The van der Waals surface area contributed by atoms with Crippen molar-refractivity contribution in [2.45, 2.75) is 64.1 Å². The van der Waals surface area contributed by atoms with Crippen molar-refractivity contribution >= 4 is 25.7 Å². The number of hydrogen-bond acceptors (Lipinski definition) is 8. The molecule has 0 heterocycles. The summed E-state index contributed by atoms with van der Waals surface area (Å²) in [5, 5.41) is 8.16. The molecule has 2 amide bonds. The highest BCUT2D eigenvalue weighted by Crippen LogP contribution is 2.54. The summed E-state index contributed by atoms with van der Waals surface area (Å²) in [6.45, 7) is 5.47. The minimum atomic E-state index is -3.66. The van der Waals surface area contributed by atoms with E-state index in [0.717, 1.165) is 5.56 Å². The molecular formula is C28H40N3O8P. The van der Waals surface area contributed by atoms with Crippen LogP contribution in [0.2, 0.25) is 0 Å². The van der Waals surface area contributed by atoms with Crippen LogP contribution in [0.25, 0.3) is 0 Å². The standard InChI is InChI=1S/C28H40N3O8P/c1-28(2,3)39-27(34)30-23(25(32)36-4)18-12-13-19-29-40(35,37-5)24(22-16-10-7-11-17-22)31-26(33)38-20-21-14-8-6-9-15-21/h6-11,14-17,23-24H,12-13,18-20H2,1-5H3,(H,29,35)(H,30,34)(H,31,33)/t23-,24?,40?/m0/s1. The van der Waals surface area contributed by atoms with Gasteiger partial charge in [-0.05, 0) is 51.2 Å². The summed E-state index contributed by atoms with van der Waals surface area (Å²) in [5.74, 6) is -1.61. The van der Waals surface area contributed by atoms with Gasteiger partial charge in [-0.2, -0.15) is 0 Å². The van der Waals surface area contributed by atoms with Gasteiger partial charge in [0.1, 0.15) is 24.0 Å². The second-order valence-corrected chi connectivity index (χ2v) is 12.3. The third kappa shape index (κ3) is 11.4. The van der Waals surface area contributed by atoms with Crippen LogP contribution >= 0.6 is 7.52 Å². The van der Waals surface area contributed by atoms with E-state index in [1.807, 2.05) is 36.4 Å². The number of nitrogens with one attached hydrogen (secondary N) is 3. The zero-order valence-electron chi connectivity index (χ0n) is 23.7. The molecule has 0 bridgehead atoms. The Morgan fingerprint density at radius 3 is 2.08 bits per heavy atom. The predicted octanol–water partition coefficient (Wildman–Crippen LogP) is 5.28. The summed E-state index contributed by atoms with van der Waals surface area (Å²) >= 11 is 0. The van der Waals surface area contributed by atoms with E-state index < -0.39 is 43.1 Å². The van der Waals surface area contributed by atoms with Gasteiger partial charge in [-0.1, -0.05) is 60.7 Å². The van der Waals surface area contributed by atoms with E-state index in [1.54, 1.807) is 45.0 Å². The summed E-state index contributed by atoms with van der Waals surface area (Å²) in [5.41, 5.74) is 0.672. The number of rotatable bonds is 14. The Balaban J connectivity index is 1.99. The van der Waals surface area contributed by atoms with E-state index in [-0.39, 0.29) is 19.6 Å². The highest BCUT2D eigenvalue weighted by Gasteiger charge is 2.36. The molecule has 40 heavy (non-hydrogen) atoms. The molecule has 11 nitrogen and oxygen atoms in total. The second-order valence-electron chi connectivity index (χ2n) is 9.92. The van der Waals surface area contributed by atoms with Gasteiger partial charge in [0, 0.05) is 13.7 Å². The van der Waals surface area contributed by atoms with Gasteiger partial charge in [0.15, 0.2) is 0 Å². The fourth-order valence-corrected chi connectivity index (χ4v) is 5.52. The maximum absolute atomic E-state index is 13.9. The Hall–Kier alpha value is -3.40. The van der Waals surface area contributed by atoms with Crippen molar-refractivity contribution in [3.8, 4) is 0 Å². The molecule has 0 aromatic heterocycles. The van der Waals surface area contributed by atoms with Crippen LogP contribution in [0.3, 0.4) is 0 Å². The molecule has 0 aliphatic heterocycles. The predicted molar refractivity (Wildman–Crippen MR) is 151 cm³/mol. The molecule has 12 heteroatoms. The Morgan fingerprint density at radius 1 is 0.875 bits per heavy atom. The van der Waals surface area contributed by atoms with Crippen LogP contribution < -0.4 is 15.7 Å². The van der Waals surface area contributed by atoms with Gasteiger partial charge < -0.3 is 29.4 Å². The van der Waals surface area contributed by atoms with Gasteiger partial charge in [-0.3, -0.25) is 4.57 Å². The summed E-state index contributed by atoms with van der Waals surface area (Å²) < 4.78 is 34.7. The van der Waals surface area contributed by atoms with Crippen molar-refractivity contribution in [2.24, 2.45) is 0 Å². The lowest BCUT2D eigenvalue weighted by molar-refractivity contribution is -0.143. The fraction of sp³-hybridized carbons (Fsp3) is 0.464. The minimum absolute atomic E-state index is 0.0532. The molecule has 3 N–H and O–H groups in total. The molecule has 0 aliphatic carbocycles. The Bertz CT molecular complexity index is 1130. The number of carbonyl (C=O) groups excluding carboxylic acids is 3. The highest BCUT2D eigenvalue weighted by atomic mass is 31.2. The van der Waals surface area contributed by atoms with Crippen LogP contribution in [-0.4, -0.2) is 50.6 Å². The van der Waals surface area contributed by atoms with Gasteiger partial charge in [0.05, 0.1) is 7.11 Å². The largest absolute Gasteiger partial charge is 0.467 e. The average Bonchev–Trinajstić information content (AvgIpc) is 2.93. The van der Waals surface area contributed by atoms with E-state index in [1.165, 1.54) is 14.2 Å². The summed E-state index contributed by atoms with van der Waals surface area (Å²) in [7, 11) is -1.12. The number of carbonyl (C=O) groups is 3. The molecular weight excluding hydrogens is 537 g/mol. The molecule has 0 radical (unpaired) electrons. The Labute approximate surface area is 235 Å². The van der Waals surface area contributed by atoms with E-state index in [0.29, 0.717) is 18.4 Å². The first kappa shape index (κ1) is 32.8. The monoisotopic (exact) mass is 577 g/mol.